The van der Waals surface area contributed by atoms with Crippen LogP contribution in [0.4, 0.5) is 5.69 Å². The second-order valence-corrected chi connectivity index (χ2v) is 6.93. The lowest BCUT2D eigenvalue weighted by molar-refractivity contribution is -0.149. The van der Waals surface area contributed by atoms with Crippen LogP contribution in [-0.4, -0.2) is 62.1 Å². The normalized spacial score (nSPS) is 15.7. The van der Waals surface area contributed by atoms with E-state index in [1.807, 2.05) is 6.07 Å². The number of benzene rings is 1. The number of esters is 1. The molecule has 0 radical (unpaired) electrons. The molecule has 1 heterocycles. The first-order chi connectivity index (χ1) is 11.9. The highest BCUT2D eigenvalue weighted by Gasteiger charge is 2.30. The molecule has 25 heavy (non-hydrogen) atoms. The predicted molar refractivity (Wildman–Crippen MR) is 98.6 cm³/mol. The molecular formula is C19H29N3O3. The summed E-state index contributed by atoms with van der Waals surface area (Å²) in [6, 6.07) is 10.4. The molecule has 1 saturated heterocycles. The summed E-state index contributed by atoms with van der Waals surface area (Å²) in [7, 11) is 1.32. The molecule has 138 valence electrons. The fourth-order valence-corrected chi connectivity index (χ4v) is 3.05. The Bertz CT molecular complexity index is 567. The number of carbonyl (C=O) groups excluding carboxylic acids is 2. The van der Waals surface area contributed by atoms with Crippen molar-refractivity contribution in [3.8, 4) is 0 Å². The van der Waals surface area contributed by atoms with Crippen LogP contribution in [0.5, 0.6) is 0 Å². The van der Waals surface area contributed by atoms with Gasteiger partial charge in [0, 0.05) is 38.3 Å². The zero-order valence-electron chi connectivity index (χ0n) is 15.5. The summed E-state index contributed by atoms with van der Waals surface area (Å²) < 4.78 is 4.70. The summed E-state index contributed by atoms with van der Waals surface area (Å²) in [6.07, 6.45) is 1.20. The number of carbonyl (C=O) groups is 2. The van der Waals surface area contributed by atoms with Crippen LogP contribution in [0.1, 0.15) is 26.7 Å². The largest absolute Gasteiger partial charge is 0.467 e. The van der Waals surface area contributed by atoms with Crippen molar-refractivity contribution in [2.24, 2.45) is 0 Å². The highest BCUT2D eigenvalue weighted by atomic mass is 16.5. The van der Waals surface area contributed by atoms with Crippen LogP contribution in [0, 0.1) is 0 Å². The quantitative estimate of drug-likeness (QED) is 0.760. The van der Waals surface area contributed by atoms with Gasteiger partial charge in [-0.15, -0.1) is 0 Å². The van der Waals surface area contributed by atoms with Crippen LogP contribution in [0.25, 0.3) is 0 Å². The number of rotatable bonds is 7. The van der Waals surface area contributed by atoms with Crippen molar-refractivity contribution < 1.29 is 14.3 Å². The molecule has 0 spiro atoms. The van der Waals surface area contributed by atoms with Crippen molar-refractivity contribution in [3.63, 3.8) is 0 Å². The average molecular weight is 347 g/mol. The third-order valence-electron chi connectivity index (χ3n) is 4.52. The van der Waals surface area contributed by atoms with Gasteiger partial charge in [0.1, 0.15) is 5.54 Å². The first-order valence-corrected chi connectivity index (χ1v) is 8.84. The summed E-state index contributed by atoms with van der Waals surface area (Å²) in [5, 5.41) is 2.73. The number of piperazine rings is 1. The van der Waals surface area contributed by atoms with Crippen LogP contribution < -0.4 is 10.2 Å². The van der Waals surface area contributed by atoms with Crippen LogP contribution in [0.2, 0.25) is 0 Å². The Hall–Kier alpha value is -2.08. The van der Waals surface area contributed by atoms with E-state index in [-0.39, 0.29) is 5.91 Å². The maximum absolute atomic E-state index is 12.0. The van der Waals surface area contributed by atoms with Gasteiger partial charge in [-0.3, -0.25) is 9.69 Å². The van der Waals surface area contributed by atoms with Gasteiger partial charge in [0.25, 0.3) is 0 Å². The molecule has 6 heteroatoms. The lowest BCUT2D eigenvalue weighted by Crippen LogP contribution is -2.50. The van der Waals surface area contributed by atoms with E-state index >= 15 is 0 Å². The lowest BCUT2D eigenvalue weighted by Gasteiger charge is -2.36. The predicted octanol–water partition coefficient (Wildman–Crippen LogP) is 1.66. The second kappa shape index (κ2) is 8.85. The molecule has 1 aromatic rings. The summed E-state index contributed by atoms with van der Waals surface area (Å²) in [5.74, 6) is -0.545. The van der Waals surface area contributed by atoms with Crippen molar-refractivity contribution in [2.45, 2.75) is 32.2 Å². The highest BCUT2D eigenvalue weighted by Crippen LogP contribution is 2.15. The smallest absolute Gasteiger partial charge is 0.330 e. The average Bonchev–Trinajstić information content (AvgIpc) is 2.62. The van der Waals surface area contributed by atoms with Gasteiger partial charge in [-0.2, -0.15) is 0 Å². The minimum absolute atomic E-state index is 0.113. The lowest BCUT2D eigenvalue weighted by atomic mass is 10.1. The molecule has 1 aliphatic heterocycles. The molecule has 0 bridgehead atoms. The van der Waals surface area contributed by atoms with E-state index in [1.54, 1.807) is 13.8 Å². The molecule has 1 fully saturated rings. The first-order valence-electron chi connectivity index (χ1n) is 8.84. The SMILES string of the molecule is COC(=O)C(C)(C)NC(=O)CCCN1CCN(c2ccccc2)CC1. The fraction of sp³-hybridized carbons (Fsp3) is 0.579. The Balaban J connectivity index is 1.66. The van der Waals surface area contributed by atoms with Crippen LogP contribution in [0.15, 0.2) is 30.3 Å². The number of anilines is 1. The zero-order valence-corrected chi connectivity index (χ0v) is 15.5. The van der Waals surface area contributed by atoms with E-state index in [1.165, 1.54) is 12.8 Å². The van der Waals surface area contributed by atoms with Gasteiger partial charge in [0.05, 0.1) is 7.11 Å². The van der Waals surface area contributed by atoms with Crippen LogP contribution >= 0.6 is 0 Å². The maximum Gasteiger partial charge on any atom is 0.330 e. The molecule has 0 aromatic heterocycles. The Kier molecular flexibility index (Phi) is 6.82. The van der Waals surface area contributed by atoms with Gasteiger partial charge in [-0.1, -0.05) is 18.2 Å². The van der Waals surface area contributed by atoms with E-state index in [4.69, 9.17) is 4.74 Å². The number of hydrogen-bond donors (Lipinski definition) is 1. The fourth-order valence-electron chi connectivity index (χ4n) is 3.05. The Morgan fingerprint density at radius 2 is 1.76 bits per heavy atom. The maximum atomic E-state index is 12.0. The third kappa shape index (κ3) is 5.74. The number of para-hydroxylation sites is 1. The molecule has 0 atom stereocenters. The Morgan fingerprint density at radius 3 is 2.36 bits per heavy atom. The topological polar surface area (TPSA) is 61.9 Å². The zero-order chi connectivity index (χ0) is 18.3. The standard InChI is InChI=1S/C19H29N3O3/c1-19(2,18(24)25-3)20-17(23)10-7-11-21-12-14-22(15-13-21)16-8-5-4-6-9-16/h4-6,8-9H,7,10-15H2,1-3H3,(H,20,23). The molecule has 0 saturated carbocycles. The van der Waals surface area contributed by atoms with E-state index in [2.05, 4.69) is 39.4 Å². The number of amides is 1. The number of hydrogen-bond acceptors (Lipinski definition) is 5. The number of ether oxygens (including phenoxy) is 1. The molecule has 0 unspecified atom stereocenters. The molecule has 6 nitrogen and oxygen atoms in total. The van der Waals surface area contributed by atoms with Gasteiger partial charge >= 0.3 is 5.97 Å². The van der Waals surface area contributed by atoms with Gasteiger partial charge < -0.3 is 15.0 Å². The highest BCUT2D eigenvalue weighted by molar-refractivity contribution is 5.87. The van der Waals surface area contributed by atoms with Crippen molar-refractivity contribution in [2.75, 3.05) is 44.7 Å². The van der Waals surface area contributed by atoms with E-state index in [0.29, 0.717) is 6.42 Å². The molecular weight excluding hydrogens is 318 g/mol. The minimum Gasteiger partial charge on any atom is -0.467 e. The van der Waals surface area contributed by atoms with Crippen molar-refractivity contribution >= 4 is 17.6 Å². The summed E-state index contributed by atoms with van der Waals surface area (Å²) >= 11 is 0. The molecule has 1 aromatic carbocycles. The molecule has 0 aliphatic carbocycles. The Morgan fingerprint density at radius 1 is 1.12 bits per heavy atom. The van der Waals surface area contributed by atoms with Gasteiger partial charge in [-0.05, 0) is 38.9 Å². The van der Waals surface area contributed by atoms with E-state index in [9.17, 15) is 9.59 Å². The van der Waals surface area contributed by atoms with Crippen LogP contribution in [-0.2, 0) is 14.3 Å². The first kappa shape index (κ1) is 19.2. The van der Waals surface area contributed by atoms with Crippen molar-refractivity contribution in [3.05, 3.63) is 30.3 Å². The van der Waals surface area contributed by atoms with E-state index in [0.717, 1.165) is 39.1 Å². The number of nitrogens with one attached hydrogen (secondary N) is 1. The summed E-state index contributed by atoms with van der Waals surface area (Å²) in [5.41, 5.74) is 0.291. The van der Waals surface area contributed by atoms with Gasteiger partial charge in [0.2, 0.25) is 5.91 Å². The molecule has 2 rings (SSSR count). The van der Waals surface area contributed by atoms with Crippen molar-refractivity contribution in [1.82, 2.24) is 10.2 Å². The number of methoxy groups -OCH3 is 1. The summed E-state index contributed by atoms with van der Waals surface area (Å²) in [4.78, 5) is 28.4. The summed E-state index contributed by atoms with van der Waals surface area (Å²) in [6.45, 7) is 8.22. The molecule has 1 N–H and O–H groups in total. The van der Waals surface area contributed by atoms with Gasteiger partial charge in [0.15, 0.2) is 0 Å². The second-order valence-electron chi connectivity index (χ2n) is 6.93. The van der Waals surface area contributed by atoms with Crippen LogP contribution in [0.3, 0.4) is 0 Å². The molecule has 1 amide bonds. The monoisotopic (exact) mass is 347 g/mol. The third-order valence-corrected chi connectivity index (χ3v) is 4.52. The molecule has 1 aliphatic rings. The number of nitrogens with zero attached hydrogens (tertiary/aromatic N) is 2. The van der Waals surface area contributed by atoms with Gasteiger partial charge in [-0.25, -0.2) is 4.79 Å². The van der Waals surface area contributed by atoms with E-state index < -0.39 is 11.5 Å². The minimum atomic E-state index is -0.979. The Labute approximate surface area is 150 Å². The van der Waals surface area contributed by atoms with Crippen molar-refractivity contribution in [1.29, 1.82) is 0 Å².